The molecule has 324 valence electrons. The van der Waals surface area contributed by atoms with Crippen LogP contribution < -0.4 is 20.1 Å². The second-order valence-electron chi connectivity index (χ2n) is 18.3. The van der Waals surface area contributed by atoms with Crippen LogP contribution in [0, 0.1) is 23.2 Å². The summed E-state index contributed by atoms with van der Waals surface area (Å²) in [6, 6.07) is 3.53. The van der Waals surface area contributed by atoms with Crippen LogP contribution in [-0.2, 0) is 33.3 Å². The lowest BCUT2D eigenvalue weighted by Crippen LogP contribution is -2.59. The Morgan fingerprint density at radius 2 is 1.68 bits per heavy atom. The van der Waals surface area contributed by atoms with E-state index in [1.165, 1.54) is 39.1 Å². The predicted molar refractivity (Wildman–Crippen MR) is 219 cm³/mol. The molecule has 0 radical (unpaired) electrons. The fourth-order valence-corrected chi connectivity index (χ4v) is 9.89. The van der Waals surface area contributed by atoms with E-state index < -0.39 is 59.3 Å². The smallest absolute Gasteiger partial charge is 0.408 e. The Balaban J connectivity index is 1.19. The van der Waals surface area contributed by atoms with Gasteiger partial charge in [0.1, 0.15) is 53.0 Å². The second kappa shape index (κ2) is 17.6. The van der Waals surface area contributed by atoms with Crippen molar-refractivity contribution in [3.05, 3.63) is 28.9 Å². The van der Waals surface area contributed by atoms with Gasteiger partial charge < -0.3 is 44.0 Å². The van der Waals surface area contributed by atoms with Crippen LogP contribution in [-0.4, -0.2) is 104 Å². The van der Waals surface area contributed by atoms with E-state index in [4.69, 9.17) is 45.0 Å². The number of esters is 1. The first-order valence-electron chi connectivity index (χ1n) is 21.4. The highest BCUT2D eigenvalue weighted by atomic mass is 35.5. The Hall–Kier alpha value is -3.88. The van der Waals surface area contributed by atoms with Crippen LogP contribution in [0.4, 0.5) is 4.79 Å². The highest BCUT2D eigenvalue weighted by molar-refractivity contribution is 6.36. The number of alkyl carbamates (subject to hydrolysis) is 1. The molecule has 15 heteroatoms. The summed E-state index contributed by atoms with van der Waals surface area (Å²) in [6.07, 6.45) is 7.37. The monoisotopic (exact) mass is 840 g/mol. The Bertz CT molecular complexity index is 1890. The highest BCUT2D eigenvalue weighted by Crippen LogP contribution is 2.52. The number of likely N-dealkylation sites (tertiary alicyclic amines) is 1. The molecule has 5 aliphatic rings. The molecule has 7 rings (SSSR count). The number of hydrogen-bond donors (Lipinski definition) is 2. The van der Waals surface area contributed by atoms with Crippen molar-refractivity contribution in [3.8, 4) is 11.5 Å². The molecule has 1 aliphatic heterocycles. The van der Waals surface area contributed by atoms with Crippen LogP contribution in [0.2, 0.25) is 5.02 Å². The SMILES string of the molecule is CC[C@@H]1C[C@]1(NC(=O)[C@@H]1C[C@@H](Oc2cc(C3CCCCC3)nc3c(Cl)c(OCC(OC)OC)ccc23)CN1C(=O)[C@@H](NC(=O)OC1C[C@@H]2C[C@@H]2C1)C(C)(C)C)C(=O)OC. The number of amides is 3. The average Bonchev–Trinajstić information content (AvgIpc) is 4.03. The number of nitrogens with zero attached hydrogens (tertiary/aromatic N) is 2. The van der Waals surface area contributed by atoms with Crippen LogP contribution in [0.15, 0.2) is 18.2 Å². The van der Waals surface area contributed by atoms with Crippen molar-refractivity contribution in [1.29, 1.82) is 0 Å². The number of benzene rings is 1. The molecular weight excluding hydrogens is 780 g/mol. The number of nitrogens with one attached hydrogen (secondary N) is 2. The van der Waals surface area contributed by atoms with Crippen molar-refractivity contribution in [2.45, 2.75) is 140 Å². The summed E-state index contributed by atoms with van der Waals surface area (Å²) in [5.74, 6) is 0.856. The van der Waals surface area contributed by atoms with Gasteiger partial charge in [0.05, 0.1) is 19.2 Å². The topological polar surface area (TPSA) is 164 Å². The molecule has 2 N–H and O–H groups in total. The summed E-state index contributed by atoms with van der Waals surface area (Å²) in [7, 11) is 4.37. The third-order valence-corrected chi connectivity index (χ3v) is 13.6. The summed E-state index contributed by atoms with van der Waals surface area (Å²) in [6.45, 7) is 7.71. The lowest BCUT2D eigenvalue weighted by molar-refractivity contribution is -0.148. The first kappa shape index (κ1) is 43.2. The molecule has 5 fully saturated rings. The zero-order chi connectivity index (χ0) is 42.2. The van der Waals surface area contributed by atoms with Gasteiger partial charge in [-0.3, -0.25) is 14.6 Å². The maximum absolute atomic E-state index is 14.8. The Morgan fingerprint density at radius 3 is 2.31 bits per heavy atom. The lowest BCUT2D eigenvalue weighted by atomic mass is 9.85. The van der Waals surface area contributed by atoms with Crippen molar-refractivity contribution in [2.24, 2.45) is 23.2 Å². The Morgan fingerprint density at radius 1 is 0.966 bits per heavy atom. The maximum atomic E-state index is 14.8. The maximum Gasteiger partial charge on any atom is 0.408 e. The molecule has 59 heavy (non-hydrogen) atoms. The van der Waals surface area contributed by atoms with Gasteiger partial charge in [-0.25, -0.2) is 9.59 Å². The van der Waals surface area contributed by atoms with Crippen LogP contribution in [0.3, 0.4) is 0 Å². The molecule has 1 unspecified atom stereocenters. The molecule has 2 heterocycles. The van der Waals surface area contributed by atoms with Gasteiger partial charge in [-0.1, -0.05) is 65.0 Å². The minimum Gasteiger partial charge on any atom is -0.488 e. The quantitative estimate of drug-likeness (QED) is 0.145. The van der Waals surface area contributed by atoms with E-state index in [2.05, 4.69) is 10.6 Å². The van der Waals surface area contributed by atoms with Gasteiger partial charge in [-0.05, 0) is 73.8 Å². The standard InChI is InChI=1S/C44H61ClN4O10/c1-8-27-21-44(27,41(52)56-7)48-39(50)32-19-29(22-49(32)40(51)38(43(2,3)4)47-42(53)59-28-17-25-16-26(25)18-28)58-34-20-31(24-12-10-9-11-13-24)46-37-30(34)14-15-33(36(37)45)57-23-35(54-5)55-6/h14-15,20,24-29,32,35,38H,8-13,16-19,21-23H2,1-7H3,(H,47,53)(H,48,50)/t25-,26+,27-,28?,29-,32+,38-,44-/m1/s1. The number of ether oxygens (including phenoxy) is 6. The molecule has 1 aromatic carbocycles. The molecule has 3 amide bonds. The van der Waals surface area contributed by atoms with Crippen molar-refractivity contribution in [3.63, 3.8) is 0 Å². The molecule has 14 nitrogen and oxygen atoms in total. The van der Waals surface area contributed by atoms with Gasteiger partial charge in [0.15, 0.2) is 6.29 Å². The minimum atomic E-state index is -1.17. The summed E-state index contributed by atoms with van der Waals surface area (Å²) in [5.41, 5.74) is -0.540. The van der Waals surface area contributed by atoms with Crippen molar-refractivity contribution in [2.75, 3.05) is 34.5 Å². The van der Waals surface area contributed by atoms with Gasteiger partial charge in [0.25, 0.3) is 0 Å². The number of hydrogen-bond acceptors (Lipinski definition) is 11. The van der Waals surface area contributed by atoms with E-state index in [1.807, 2.05) is 39.8 Å². The van der Waals surface area contributed by atoms with E-state index in [0.717, 1.165) is 44.2 Å². The number of carbonyl (C=O) groups excluding carboxylic acids is 4. The largest absolute Gasteiger partial charge is 0.488 e. The van der Waals surface area contributed by atoms with Crippen LogP contribution in [0.25, 0.3) is 10.9 Å². The third-order valence-electron chi connectivity index (χ3n) is 13.3. The van der Waals surface area contributed by atoms with Crippen LogP contribution >= 0.6 is 11.6 Å². The first-order chi connectivity index (χ1) is 28.2. The second-order valence-corrected chi connectivity index (χ2v) is 18.7. The van der Waals surface area contributed by atoms with Crippen LogP contribution in [0.5, 0.6) is 11.5 Å². The number of fused-ring (bicyclic) bond motifs is 2. The summed E-state index contributed by atoms with van der Waals surface area (Å²) < 4.78 is 34.4. The molecular formula is C44H61ClN4O10. The van der Waals surface area contributed by atoms with Gasteiger partial charge in [-0.2, -0.15) is 0 Å². The number of pyridine rings is 1. The van der Waals surface area contributed by atoms with Crippen molar-refractivity contribution in [1.82, 2.24) is 20.5 Å². The van der Waals surface area contributed by atoms with E-state index in [-0.39, 0.29) is 37.5 Å². The van der Waals surface area contributed by atoms with Crippen LogP contribution in [0.1, 0.15) is 110 Å². The molecule has 8 atom stereocenters. The van der Waals surface area contributed by atoms with E-state index in [1.54, 1.807) is 6.07 Å². The number of methoxy groups -OCH3 is 3. The molecule has 4 aliphatic carbocycles. The van der Waals surface area contributed by atoms with E-state index >= 15 is 0 Å². The van der Waals surface area contributed by atoms with Gasteiger partial charge in [0.2, 0.25) is 11.8 Å². The minimum absolute atomic E-state index is 0.0432. The zero-order valence-corrected chi connectivity index (χ0v) is 36.2. The van der Waals surface area contributed by atoms with E-state index in [9.17, 15) is 19.2 Å². The van der Waals surface area contributed by atoms with Gasteiger partial charge in [0, 0.05) is 43.7 Å². The molecule has 0 spiro atoms. The average molecular weight is 841 g/mol. The number of rotatable bonds is 15. The van der Waals surface area contributed by atoms with E-state index in [0.29, 0.717) is 52.1 Å². The first-order valence-corrected chi connectivity index (χ1v) is 21.7. The normalized spacial score (nSPS) is 28.2. The predicted octanol–water partition coefficient (Wildman–Crippen LogP) is 6.68. The summed E-state index contributed by atoms with van der Waals surface area (Å²) >= 11 is 7.04. The molecule has 1 saturated heterocycles. The van der Waals surface area contributed by atoms with Gasteiger partial charge >= 0.3 is 12.1 Å². The third kappa shape index (κ3) is 9.24. The fraction of sp³-hybridized carbons (Fsp3) is 0.705. The molecule has 4 saturated carbocycles. The Kier molecular flexibility index (Phi) is 12.9. The zero-order valence-electron chi connectivity index (χ0n) is 35.5. The summed E-state index contributed by atoms with van der Waals surface area (Å²) in [5, 5.41) is 6.84. The molecule has 2 aromatic rings. The van der Waals surface area contributed by atoms with Crippen molar-refractivity contribution >= 4 is 46.4 Å². The number of halogens is 1. The fourth-order valence-electron chi connectivity index (χ4n) is 9.62. The number of aromatic nitrogens is 1. The molecule has 0 bridgehead atoms. The highest BCUT2D eigenvalue weighted by Gasteiger charge is 2.62. The van der Waals surface area contributed by atoms with Crippen molar-refractivity contribution < 1.29 is 47.6 Å². The lowest BCUT2D eigenvalue weighted by Gasteiger charge is -2.35. The van der Waals surface area contributed by atoms with Gasteiger partial charge in [-0.15, -0.1) is 0 Å². The summed E-state index contributed by atoms with van der Waals surface area (Å²) in [4.78, 5) is 62.2. The molecule has 1 aromatic heterocycles. The Labute approximate surface area is 352 Å². The number of carbonyl (C=O) groups is 4.